The summed E-state index contributed by atoms with van der Waals surface area (Å²) in [7, 11) is 0. The van der Waals surface area contributed by atoms with Crippen LogP contribution in [0.25, 0.3) is 0 Å². The highest BCUT2D eigenvalue weighted by Gasteiger charge is 2.25. The van der Waals surface area contributed by atoms with E-state index in [9.17, 15) is 10.1 Å². The fourth-order valence-corrected chi connectivity index (χ4v) is 2.34. The first-order chi connectivity index (χ1) is 8.58. The zero-order chi connectivity index (χ0) is 13.1. The molecule has 2 rings (SSSR count). The van der Waals surface area contributed by atoms with Crippen LogP contribution < -0.4 is 11.1 Å². The van der Waals surface area contributed by atoms with Gasteiger partial charge >= 0.3 is 5.69 Å². The lowest BCUT2D eigenvalue weighted by molar-refractivity contribution is -0.383. The number of halogens is 1. The molecule has 18 heavy (non-hydrogen) atoms. The minimum Gasteiger partial charge on any atom is -0.378 e. The van der Waals surface area contributed by atoms with Gasteiger partial charge < -0.3 is 11.1 Å². The van der Waals surface area contributed by atoms with Crippen molar-refractivity contribution in [3.8, 4) is 0 Å². The van der Waals surface area contributed by atoms with Crippen LogP contribution in [0.1, 0.15) is 32.1 Å². The number of nitrogens with zero attached hydrogens (tertiary/aromatic N) is 3. The molecule has 1 aliphatic rings. The summed E-state index contributed by atoms with van der Waals surface area (Å²) in [6.07, 6.45) is 5.36. The van der Waals surface area contributed by atoms with Crippen molar-refractivity contribution in [2.24, 2.45) is 0 Å². The molecule has 0 bridgehead atoms. The number of nitrogen functional groups attached to an aromatic ring is 1. The van der Waals surface area contributed by atoms with Crippen molar-refractivity contribution in [2.45, 2.75) is 38.1 Å². The molecule has 1 aromatic rings. The normalized spacial score (nSPS) is 16.5. The van der Waals surface area contributed by atoms with Gasteiger partial charge in [-0.25, -0.2) is 0 Å². The molecule has 3 N–H and O–H groups in total. The Morgan fingerprint density at radius 3 is 2.61 bits per heavy atom. The van der Waals surface area contributed by atoms with Crippen LogP contribution in [0.5, 0.6) is 0 Å². The Kier molecular flexibility index (Phi) is 3.81. The number of hydrogen-bond donors (Lipinski definition) is 2. The van der Waals surface area contributed by atoms with Crippen molar-refractivity contribution >= 4 is 28.9 Å². The number of rotatable bonds is 3. The van der Waals surface area contributed by atoms with Crippen LogP contribution in [-0.4, -0.2) is 20.9 Å². The molecule has 0 radical (unpaired) electrons. The van der Waals surface area contributed by atoms with Crippen molar-refractivity contribution in [2.75, 3.05) is 11.1 Å². The molecule has 0 spiro atoms. The lowest BCUT2D eigenvalue weighted by Gasteiger charge is -2.23. The molecule has 1 aromatic heterocycles. The van der Waals surface area contributed by atoms with Gasteiger partial charge in [0.25, 0.3) is 0 Å². The highest BCUT2D eigenvalue weighted by molar-refractivity contribution is 6.28. The topological polar surface area (TPSA) is 107 Å². The van der Waals surface area contributed by atoms with E-state index in [0.29, 0.717) is 0 Å². The molecule has 7 nitrogen and oxygen atoms in total. The van der Waals surface area contributed by atoms with E-state index >= 15 is 0 Å². The van der Waals surface area contributed by atoms with E-state index in [4.69, 9.17) is 17.3 Å². The zero-order valence-corrected chi connectivity index (χ0v) is 10.5. The van der Waals surface area contributed by atoms with Crippen molar-refractivity contribution in [1.29, 1.82) is 0 Å². The second-order valence-corrected chi connectivity index (χ2v) is 4.65. The summed E-state index contributed by atoms with van der Waals surface area (Å²) in [5, 5.41) is 13.9. The smallest absolute Gasteiger partial charge is 0.353 e. The van der Waals surface area contributed by atoms with Crippen LogP contribution in [-0.2, 0) is 0 Å². The van der Waals surface area contributed by atoms with Crippen molar-refractivity contribution in [3.05, 3.63) is 15.4 Å². The van der Waals surface area contributed by atoms with Gasteiger partial charge in [0, 0.05) is 6.04 Å². The van der Waals surface area contributed by atoms with Crippen molar-refractivity contribution in [3.63, 3.8) is 0 Å². The van der Waals surface area contributed by atoms with Crippen LogP contribution in [0.3, 0.4) is 0 Å². The summed E-state index contributed by atoms with van der Waals surface area (Å²) < 4.78 is 0. The monoisotopic (exact) mass is 271 g/mol. The summed E-state index contributed by atoms with van der Waals surface area (Å²) in [5.41, 5.74) is 5.21. The van der Waals surface area contributed by atoms with Crippen LogP contribution in [0.15, 0.2) is 0 Å². The average Bonchev–Trinajstić information content (AvgIpc) is 2.28. The maximum absolute atomic E-state index is 11.0. The zero-order valence-electron chi connectivity index (χ0n) is 9.73. The first-order valence-electron chi connectivity index (χ1n) is 5.82. The number of nitrogens with one attached hydrogen (secondary N) is 1. The first-order valence-corrected chi connectivity index (χ1v) is 6.19. The second-order valence-electron chi connectivity index (χ2n) is 4.31. The number of anilines is 2. The summed E-state index contributed by atoms with van der Waals surface area (Å²) in [6, 6.07) is 0.183. The third-order valence-corrected chi connectivity index (χ3v) is 3.18. The second kappa shape index (κ2) is 5.34. The van der Waals surface area contributed by atoms with E-state index in [-0.39, 0.29) is 28.6 Å². The fourth-order valence-electron chi connectivity index (χ4n) is 2.16. The maximum atomic E-state index is 11.0. The summed E-state index contributed by atoms with van der Waals surface area (Å²) >= 11 is 5.68. The Morgan fingerprint density at radius 2 is 2.00 bits per heavy atom. The van der Waals surface area contributed by atoms with Gasteiger partial charge in [-0.1, -0.05) is 19.3 Å². The van der Waals surface area contributed by atoms with Crippen LogP contribution in [0, 0.1) is 10.1 Å². The first kappa shape index (κ1) is 12.8. The molecule has 1 fully saturated rings. The van der Waals surface area contributed by atoms with Crippen LogP contribution >= 0.6 is 11.6 Å². The van der Waals surface area contributed by atoms with E-state index < -0.39 is 4.92 Å². The number of aromatic nitrogens is 2. The van der Waals surface area contributed by atoms with E-state index in [1.807, 2.05) is 0 Å². The van der Waals surface area contributed by atoms with E-state index in [1.165, 1.54) is 6.42 Å². The minimum atomic E-state index is -0.586. The van der Waals surface area contributed by atoms with Gasteiger partial charge in [0.1, 0.15) is 0 Å². The van der Waals surface area contributed by atoms with Gasteiger partial charge in [-0.2, -0.15) is 9.97 Å². The molecule has 0 aromatic carbocycles. The minimum absolute atomic E-state index is 0.0867. The van der Waals surface area contributed by atoms with Crippen molar-refractivity contribution < 1.29 is 4.92 Å². The van der Waals surface area contributed by atoms with Crippen LogP contribution in [0.4, 0.5) is 17.3 Å². The van der Waals surface area contributed by atoms with Gasteiger partial charge in [0.15, 0.2) is 0 Å². The number of hydrogen-bond acceptors (Lipinski definition) is 6. The van der Waals surface area contributed by atoms with E-state index in [1.54, 1.807) is 0 Å². The van der Waals surface area contributed by atoms with E-state index in [2.05, 4.69) is 15.3 Å². The summed E-state index contributed by atoms with van der Waals surface area (Å²) in [4.78, 5) is 17.8. The average molecular weight is 272 g/mol. The highest BCUT2D eigenvalue weighted by Crippen LogP contribution is 2.31. The Bertz CT molecular complexity index is 462. The summed E-state index contributed by atoms with van der Waals surface area (Å²) in [6.45, 7) is 0. The molecule has 98 valence electrons. The molecule has 1 saturated carbocycles. The Balaban J connectivity index is 2.27. The fraction of sp³-hybridized carbons (Fsp3) is 0.600. The number of nitro groups is 1. The third kappa shape index (κ3) is 2.79. The van der Waals surface area contributed by atoms with Gasteiger partial charge in [0.2, 0.25) is 16.9 Å². The molecule has 0 atom stereocenters. The molecule has 1 heterocycles. The standard InChI is InChI=1S/C10H14ClN5O2/c11-10-14-8(12)7(16(17)18)9(15-10)13-6-4-2-1-3-5-6/h6H,1-5H2,(H3,12,13,14,15). The molecular formula is C10H14ClN5O2. The molecule has 1 aliphatic carbocycles. The molecule has 8 heteroatoms. The molecule has 0 unspecified atom stereocenters. The molecular weight excluding hydrogens is 258 g/mol. The van der Waals surface area contributed by atoms with Gasteiger partial charge in [0.05, 0.1) is 4.92 Å². The lowest BCUT2D eigenvalue weighted by atomic mass is 9.95. The SMILES string of the molecule is Nc1nc(Cl)nc(NC2CCCCC2)c1[N+](=O)[O-]. The quantitative estimate of drug-likeness (QED) is 0.496. The van der Waals surface area contributed by atoms with Gasteiger partial charge in [-0.05, 0) is 24.4 Å². The molecule has 0 aliphatic heterocycles. The predicted octanol–water partition coefficient (Wildman–Crippen LogP) is 2.37. The molecule has 0 amide bonds. The maximum Gasteiger partial charge on any atom is 0.353 e. The van der Waals surface area contributed by atoms with Gasteiger partial charge in [-0.15, -0.1) is 0 Å². The third-order valence-electron chi connectivity index (χ3n) is 3.01. The Hall–Kier alpha value is -1.63. The Morgan fingerprint density at radius 1 is 1.33 bits per heavy atom. The van der Waals surface area contributed by atoms with Crippen LogP contribution in [0.2, 0.25) is 5.28 Å². The molecule has 0 saturated heterocycles. The van der Waals surface area contributed by atoms with Crippen molar-refractivity contribution in [1.82, 2.24) is 9.97 Å². The van der Waals surface area contributed by atoms with Gasteiger partial charge in [-0.3, -0.25) is 10.1 Å². The Labute approximate surface area is 109 Å². The number of nitrogens with two attached hydrogens (primary N) is 1. The highest BCUT2D eigenvalue weighted by atomic mass is 35.5. The predicted molar refractivity (Wildman–Crippen MR) is 68.6 cm³/mol. The van der Waals surface area contributed by atoms with E-state index in [0.717, 1.165) is 25.7 Å². The lowest BCUT2D eigenvalue weighted by Crippen LogP contribution is -2.24. The summed E-state index contributed by atoms with van der Waals surface area (Å²) in [5.74, 6) is -0.0947. The largest absolute Gasteiger partial charge is 0.378 e.